The van der Waals surface area contributed by atoms with Gasteiger partial charge in [-0.2, -0.15) is 0 Å². The average Bonchev–Trinajstić information content (AvgIpc) is 2.97. The molecule has 2 rings (SSSR count). The molecule has 1 amide bonds. The Hall–Kier alpha value is -2.32. The van der Waals surface area contributed by atoms with Crippen molar-refractivity contribution >= 4 is 28.3 Å². The number of esters is 1. The maximum absolute atomic E-state index is 13.5. The van der Waals surface area contributed by atoms with Crippen molar-refractivity contribution in [2.45, 2.75) is 12.5 Å². The first-order valence-electron chi connectivity index (χ1n) is 6.35. The Morgan fingerprint density at radius 3 is 2.86 bits per heavy atom. The van der Waals surface area contributed by atoms with Gasteiger partial charge in [-0.3, -0.25) is 4.79 Å². The maximum atomic E-state index is 13.5. The monoisotopic (exact) mass is 323 g/mol. The maximum Gasteiger partial charge on any atom is 0.357 e. The molecule has 22 heavy (non-hydrogen) atoms. The number of nitrogens with zero attached hydrogens (tertiary/aromatic N) is 1. The highest BCUT2D eigenvalue weighted by Crippen LogP contribution is 2.16. The zero-order valence-electron chi connectivity index (χ0n) is 11.7. The molecule has 0 aliphatic rings. The predicted molar refractivity (Wildman–Crippen MR) is 80.2 cm³/mol. The van der Waals surface area contributed by atoms with Gasteiger partial charge in [-0.15, -0.1) is 11.3 Å². The van der Waals surface area contributed by atoms with Crippen LogP contribution in [0, 0.1) is 5.82 Å². The molecule has 0 bridgehead atoms. The molecular formula is C14H14FN3O3S. The number of thiazole rings is 1. The zero-order chi connectivity index (χ0) is 16.1. The van der Waals surface area contributed by atoms with Crippen LogP contribution in [-0.4, -0.2) is 30.0 Å². The van der Waals surface area contributed by atoms with Crippen LogP contribution in [0.5, 0.6) is 0 Å². The molecule has 0 aliphatic carbocycles. The summed E-state index contributed by atoms with van der Waals surface area (Å²) < 4.78 is 18.0. The molecule has 6 nitrogen and oxygen atoms in total. The van der Waals surface area contributed by atoms with Crippen molar-refractivity contribution in [2.24, 2.45) is 5.73 Å². The fourth-order valence-corrected chi connectivity index (χ4v) is 2.40. The number of aromatic nitrogens is 1. The highest BCUT2D eigenvalue weighted by Gasteiger charge is 2.18. The second-order valence-electron chi connectivity index (χ2n) is 4.42. The number of nitrogens with one attached hydrogen (secondary N) is 1. The molecule has 8 heteroatoms. The summed E-state index contributed by atoms with van der Waals surface area (Å²) in [6.45, 7) is 0. The van der Waals surface area contributed by atoms with E-state index in [0.29, 0.717) is 5.56 Å². The summed E-state index contributed by atoms with van der Waals surface area (Å²) in [5.74, 6) is -1.51. The van der Waals surface area contributed by atoms with Crippen molar-refractivity contribution in [1.29, 1.82) is 0 Å². The van der Waals surface area contributed by atoms with Crippen LogP contribution >= 0.6 is 11.3 Å². The lowest BCUT2D eigenvalue weighted by molar-refractivity contribution is -0.117. The number of carbonyl (C=O) groups is 2. The standard InChI is InChI=1S/C14H14FN3O3S/c1-21-13(20)11-7-22-14(17-11)18-12(19)10(16)6-8-4-2-3-5-9(8)15/h2-5,7,10H,6,16H2,1H3,(H,17,18,19). The minimum atomic E-state index is -0.928. The number of nitrogens with two attached hydrogens (primary N) is 1. The largest absolute Gasteiger partial charge is 0.464 e. The Labute approximate surface area is 130 Å². The predicted octanol–water partition coefficient (Wildman–Crippen LogP) is 1.58. The first-order chi connectivity index (χ1) is 10.5. The normalized spacial score (nSPS) is 11.8. The van der Waals surface area contributed by atoms with Gasteiger partial charge in [0.2, 0.25) is 5.91 Å². The number of ether oxygens (including phenoxy) is 1. The molecule has 1 aromatic carbocycles. The third-order valence-electron chi connectivity index (χ3n) is 2.86. The number of carbonyl (C=O) groups excluding carboxylic acids is 2. The summed E-state index contributed by atoms with van der Waals surface area (Å²) >= 11 is 1.07. The molecule has 1 aromatic heterocycles. The van der Waals surface area contributed by atoms with E-state index in [1.807, 2.05) is 0 Å². The van der Waals surface area contributed by atoms with Crippen molar-refractivity contribution < 1.29 is 18.7 Å². The van der Waals surface area contributed by atoms with Crippen LogP contribution in [0.15, 0.2) is 29.6 Å². The lowest BCUT2D eigenvalue weighted by Crippen LogP contribution is -2.37. The lowest BCUT2D eigenvalue weighted by atomic mass is 10.1. The van der Waals surface area contributed by atoms with E-state index in [1.165, 1.54) is 18.6 Å². The molecular weight excluding hydrogens is 309 g/mol. The molecule has 0 radical (unpaired) electrons. The first-order valence-corrected chi connectivity index (χ1v) is 7.23. The molecule has 0 aliphatic heterocycles. The molecule has 0 spiro atoms. The molecule has 0 saturated carbocycles. The van der Waals surface area contributed by atoms with Crippen LogP contribution in [0.4, 0.5) is 9.52 Å². The van der Waals surface area contributed by atoms with Gasteiger partial charge in [-0.25, -0.2) is 14.2 Å². The molecule has 0 fully saturated rings. The third kappa shape index (κ3) is 3.86. The second kappa shape index (κ2) is 7.10. The summed E-state index contributed by atoms with van der Waals surface area (Å²) in [6.07, 6.45) is 0.0632. The fraction of sp³-hybridized carbons (Fsp3) is 0.214. The van der Waals surface area contributed by atoms with Crippen LogP contribution in [0.2, 0.25) is 0 Å². The summed E-state index contributed by atoms with van der Waals surface area (Å²) in [4.78, 5) is 27.1. The number of halogens is 1. The van der Waals surface area contributed by atoms with Crippen molar-refractivity contribution in [3.8, 4) is 0 Å². The van der Waals surface area contributed by atoms with E-state index < -0.39 is 23.7 Å². The van der Waals surface area contributed by atoms with E-state index in [9.17, 15) is 14.0 Å². The molecule has 116 valence electrons. The fourth-order valence-electron chi connectivity index (χ4n) is 1.72. The van der Waals surface area contributed by atoms with E-state index >= 15 is 0 Å². The molecule has 0 saturated heterocycles. The highest BCUT2D eigenvalue weighted by atomic mass is 32.1. The van der Waals surface area contributed by atoms with Gasteiger partial charge in [0.15, 0.2) is 10.8 Å². The SMILES string of the molecule is COC(=O)c1csc(NC(=O)C(N)Cc2ccccc2F)n1. The topological polar surface area (TPSA) is 94.3 Å². The zero-order valence-corrected chi connectivity index (χ0v) is 12.5. The molecule has 1 heterocycles. The van der Waals surface area contributed by atoms with Gasteiger partial charge in [0, 0.05) is 5.38 Å². The van der Waals surface area contributed by atoms with Crippen LogP contribution in [0.25, 0.3) is 0 Å². The van der Waals surface area contributed by atoms with Crippen LogP contribution < -0.4 is 11.1 Å². The Balaban J connectivity index is 1.98. The second-order valence-corrected chi connectivity index (χ2v) is 5.28. The summed E-state index contributed by atoms with van der Waals surface area (Å²) in [5, 5.41) is 4.19. The van der Waals surface area contributed by atoms with Gasteiger partial charge in [-0.05, 0) is 18.1 Å². The summed E-state index contributed by atoms with van der Waals surface area (Å²) in [6, 6.07) is 5.19. The van der Waals surface area contributed by atoms with Gasteiger partial charge >= 0.3 is 5.97 Å². The van der Waals surface area contributed by atoms with Gasteiger partial charge in [-0.1, -0.05) is 18.2 Å². The average molecular weight is 323 g/mol. The Morgan fingerprint density at radius 1 is 1.45 bits per heavy atom. The number of hydrogen-bond donors (Lipinski definition) is 2. The van der Waals surface area contributed by atoms with Crippen molar-refractivity contribution in [3.05, 3.63) is 46.7 Å². The quantitative estimate of drug-likeness (QED) is 0.815. The van der Waals surface area contributed by atoms with Crippen LogP contribution in [0.3, 0.4) is 0 Å². The number of benzene rings is 1. The first kappa shape index (κ1) is 16.1. The lowest BCUT2D eigenvalue weighted by Gasteiger charge is -2.11. The van der Waals surface area contributed by atoms with E-state index in [1.54, 1.807) is 18.2 Å². The number of anilines is 1. The minimum absolute atomic E-state index is 0.0632. The van der Waals surface area contributed by atoms with Crippen molar-refractivity contribution in [1.82, 2.24) is 4.98 Å². The van der Waals surface area contributed by atoms with Gasteiger partial charge < -0.3 is 15.8 Å². The van der Waals surface area contributed by atoms with E-state index in [4.69, 9.17) is 5.73 Å². The minimum Gasteiger partial charge on any atom is -0.464 e. The van der Waals surface area contributed by atoms with Crippen LogP contribution in [-0.2, 0) is 16.0 Å². The van der Waals surface area contributed by atoms with Gasteiger partial charge in [0.05, 0.1) is 13.2 Å². The summed E-state index contributed by atoms with van der Waals surface area (Å²) in [7, 11) is 1.24. The van der Waals surface area contributed by atoms with E-state index in [2.05, 4.69) is 15.0 Å². The number of rotatable bonds is 5. The molecule has 1 unspecified atom stereocenters. The van der Waals surface area contributed by atoms with Crippen molar-refractivity contribution in [3.63, 3.8) is 0 Å². The van der Waals surface area contributed by atoms with Gasteiger partial charge in [0.25, 0.3) is 0 Å². The van der Waals surface area contributed by atoms with Crippen molar-refractivity contribution in [2.75, 3.05) is 12.4 Å². The van der Waals surface area contributed by atoms with Crippen LogP contribution in [0.1, 0.15) is 16.1 Å². The smallest absolute Gasteiger partial charge is 0.357 e. The third-order valence-corrected chi connectivity index (χ3v) is 3.62. The Bertz CT molecular complexity index is 689. The van der Waals surface area contributed by atoms with Gasteiger partial charge in [0.1, 0.15) is 5.82 Å². The Morgan fingerprint density at radius 2 is 2.18 bits per heavy atom. The summed E-state index contributed by atoms with van der Waals surface area (Å²) in [5.41, 5.74) is 6.23. The van der Waals surface area contributed by atoms with E-state index in [0.717, 1.165) is 11.3 Å². The Kier molecular flexibility index (Phi) is 5.18. The molecule has 1 atom stereocenters. The van der Waals surface area contributed by atoms with E-state index in [-0.39, 0.29) is 17.2 Å². The number of methoxy groups -OCH3 is 1. The highest BCUT2D eigenvalue weighted by molar-refractivity contribution is 7.14. The number of hydrogen-bond acceptors (Lipinski definition) is 6. The molecule has 2 aromatic rings. The number of amides is 1. The molecule has 3 N–H and O–H groups in total.